The van der Waals surface area contributed by atoms with Gasteiger partial charge in [0.05, 0.1) is 6.10 Å². The zero-order chi connectivity index (χ0) is 20.7. The average molecular weight is 448 g/mol. The van der Waals surface area contributed by atoms with E-state index in [4.69, 9.17) is 39.2 Å². The highest BCUT2D eigenvalue weighted by molar-refractivity contribution is 6.73. The van der Waals surface area contributed by atoms with E-state index in [1.54, 1.807) is 12.1 Å². The van der Waals surface area contributed by atoms with Gasteiger partial charge in [0, 0.05) is 32.5 Å². The SMILES string of the molecule is CC[Si](CC)(CC)OC(CCCC#CC(C)(C)C)c1c(Cl)cc(Cl)cc1Cl. The quantitative estimate of drug-likeness (QED) is 0.208. The summed E-state index contributed by atoms with van der Waals surface area (Å²) in [5.41, 5.74) is 0.909. The predicted octanol–water partition coefficient (Wildman–Crippen LogP) is 8.93. The van der Waals surface area contributed by atoms with Crippen molar-refractivity contribution in [3.63, 3.8) is 0 Å². The highest BCUT2D eigenvalue weighted by atomic mass is 35.5. The van der Waals surface area contributed by atoms with Crippen molar-refractivity contribution in [2.45, 2.75) is 85.0 Å². The third-order valence-corrected chi connectivity index (χ3v) is 10.4. The van der Waals surface area contributed by atoms with Crippen LogP contribution < -0.4 is 0 Å². The number of benzene rings is 1. The fraction of sp³-hybridized carbons (Fsp3) is 0.636. The maximum absolute atomic E-state index is 6.80. The summed E-state index contributed by atoms with van der Waals surface area (Å²) < 4.78 is 6.80. The van der Waals surface area contributed by atoms with E-state index < -0.39 is 8.32 Å². The molecule has 0 fully saturated rings. The van der Waals surface area contributed by atoms with Gasteiger partial charge < -0.3 is 4.43 Å². The molecule has 152 valence electrons. The van der Waals surface area contributed by atoms with Crippen LogP contribution >= 0.6 is 34.8 Å². The number of unbranched alkanes of at least 4 members (excludes halogenated alkanes) is 1. The molecular formula is C22H33Cl3OSi. The van der Waals surface area contributed by atoms with Crippen LogP contribution in [0.25, 0.3) is 0 Å². The van der Waals surface area contributed by atoms with Crippen molar-refractivity contribution in [3.05, 3.63) is 32.8 Å². The van der Waals surface area contributed by atoms with E-state index in [0.717, 1.165) is 43.0 Å². The Balaban J connectivity index is 3.08. The van der Waals surface area contributed by atoms with Crippen molar-refractivity contribution in [2.75, 3.05) is 0 Å². The molecule has 0 heterocycles. The van der Waals surface area contributed by atoms with Crippen LogP contribution in [0.4, 0.5) is 0 Å². The first-order valence-corrected chi connectivity index (χ1v) is 13.6. The van der Waals surface area contributed by atoms with Crippen LogP contribution in [0.3, 0.4) is 0 Å². The molecule has 0 spiro atoms. The number of halogens is 3. The molecule has 0 aliphatic rings. The zero-order valence-corrected chi connectivity index (χ0v) is 20.8. The summed E-state index contributed by atoms with van der Waals surface area (Å²) in [7, 11) is -1.81. The molecule has 0 N–H and O–H groups in total. The normalized spacial score (nSPS) is 13.2. The largest absolute Gasteiger partial charge is 0.410 e. The Labute approximate surface area is 182 Å². The molecule has 0 saturated heterocycles. The molecule has 1 nitrogen and oxygen atoms in total. The van der Waals surface area contributed by atoms with Crippen LogP contribution in [0, 0.1) is 17.3 Å². The van der Waals surface area contributed by atoms with Gasteiger partial charge in [-0.2, -0.15) is 0 Å². The summed E-state index contributed by atoms with van der Waals surface area (Å²) in [5, 5.41) is 1.72. The Morgan fingerprint density at radius 2 is 1.52 bits per heavy atom. The van der Waals surface area contributed by atoms with E-state index in [-0.39, 0.29) is 11.5 Å². The van der Waals surface area contributed by atoms with Crippen LogP contribution in [0.5, 0.6) is 0 Å². The first-order valence-electron chi connectivity index (χ1n) is 9.89. The number of rotatable bonds is 9. The Kier molecular flexibility index (Phi) is 10.2. The monoisotopic (exact) mass is 446 g/mol. The fourth-order valence-corrected chi connectivity index (χ4v) is 7.03. The van der Waals surface area contributed by atoms with Crippen LogP contribution in [-0.4, -0.2) is 8.32 Å². The van der Waals surface area contributed by atoms with Crippen LogP contribution in [0.15, 0.2) is 12.1 Å². The summed E-state index contributed by atoms with van der Waals surface area (Å²) in [6.07, 6.45) is 2.54. The van der Waals surface area contributed by atoms with Crippen molar-refractivity contribution in [1.29, 1.82) is 0 Å². The zero-order valence-electron chi connectivity index (χ0n) is 17.5. The maximum Gasteiger partial charge on any atom is 0.192 e. The summed E-state index contributed by atoms with van der Waals surface area (Å²) in [6.45, 7) is 13.1. The third-order valence-electron chi connectivity index (χ3n) is 4.92. The smallest absolute Gasteiger partial charge is 0.192 e. The molecule has 27 heavy (non-hydrogen) atoms. The third kappa shape index (κ3) is 7.99. The minimum absolute atomic E-state index is 0.0351. The summed E-state index contributed by atoms with van der Waals surface area (Å²) in [4.78, 5) is 0. The van der Waals surface area contributed by atoms with E-state index in [0.29, 0.717) is 15.1 Å². The average Bonchev–Trinajstić information content (AvgIpc) is 2.57. The molecule has 1 unspecified atom stereocenters. The van der Waals surface area contributed by atoms with E-state index in [1.807, 2.05) is 0 Å². The van der Waals surface area contributed by atoms with Gasteiger partial charge in [0.2, 0.25) is 0 Å². The van der Waals surface area contributed by atoms with Gasteiger partial charge >= 0.3 is 0 Å². The van der Waals surface area contributed by atoms with Crippen molar-refractivity contribution in [3.8, 4) is 11.8 Å². The van der Waals surface area contributed by atoms with Crippen LogP contribution in [0.2, 0.25) is 33.2 Å². The Hall–Kier alpha value is -0.173. The van der Waals surface area contributed by atoms with Gasteiger partial charge in [-0.15, -0.1) is 5.92 Å². The van der Waals surface area contributed by atoms with Crippen molar-refractivity contribution < 1.29 is 4.43 Å². The second kappa shape index (κ2) is 11.1. The first kappa shape index (κ1) is 24.9. The lowest BCUT2D eigenvalue weighted by molar-refractivity contribution is 0.177. The highest BCUT2D eigenvalue weighted by Crippen LogP contribution is 2.40. The summed E-state index contributed by atoms with van der Waals surface area (Å²) in [6, 6.07) is 6.77. The van der Waals surface area contributed by atoms with Gasteiger partial charge in [-0.3, -0.25) is 0 Å². The second-order valence-corrected chi connectivity index (χ2v) is 14.1. The summed E-state index contributed by atoms with van der Waals surface area (Å²) in [5.74, 6) is 6.59. The highest BCUT2D eigenvalue weighted by Gasteiger charge is 2.33. The Morgan fingerprint density at radius 3 is 1.96 bits per heavy atom. The maximum atomic E-state index is 6.80. The topological polar surface area (TPSA) is 9.23 Å². The lowest BCUT2D eigenvalue weighted by Crippen LogP contribution is -2.37. The lowest BCUT2D eigenvalue weighted by Gasteiger charge is -2.34. The summed E-state index contributed by atoms with van der Waals surface area (Å²) >= 11 is 19.2. The number of hydrogen-bond acceptors (Lipinski definition) is 1. The molecule has 0 aromatic heterocycles. The van der Waals surface area contributed by atoms with Crippen LogP contribution in [-0.2, 0) is 4.43 Å². The molecule has 0 saturated carbocycles. The molecule has 0 bridgehead atoms. The minimum atomic E-state index is -1.81. The van der Waals surface area contributed by atoms with Gasteiger partial charge in [-0.1, -0.05) is 61.5 Å². The van der Waals surface area contributed by atoms with E-state index in [9.17, 15) is 0 Å². The molecule has 1 aromatic rings. The van der Waals surface area contributed by atoms with Gasteiger partial charge in [0.15, 0.2) is 8.32 Å². The molecular weight excluding hydrogens is 415 g/mol. The minimum Gasteiger partial charge on any atom is -0.410 e. The Morgan fingerprint density at radius 1 is 1.00 bits per heavy atom. The van der Waals surface area contributed by atoms with E-state index in [1.165, 1.54) is 0 Å². The van der Waals surface area contributed by atoms with Gasteiger partial charge in [0.25, 0.3) is 0 Å². The molecule has 1 rings (SSSR count). The first-order chi connectivity index (χ1) is 12.6. The predicted molar refractivity (Wildman–Crippen MR) is 124 cm³/mol. The molecule has 0 radical (unpaired) electrons. The van der Waals surface area contributed by atoms with Crippen molar-refractivity contribution >= 4 is 43.1 Å². The van der Waals surface area contributed by atoms with Crippen molar-refractivity contribution in [1.82, 2.24) is 0 Å². The number of hydrogen-bond donors (Lipinski definition) is 0. The van der Waals surface area contributed by atoms with Gasteiger partial charge in [-0.05, 0) is 63.9 Å². The second-order valence-electron chi connectivity index (χ2n) is 8.08. The molecule has 1 atom stereocenters. The Bertz CT molecular complexity index is 635. The van der Waals surface area contributed by atoms with E-state index in [2.05, 4.69) is 53.4 Å². The molecule has 0 aliphatic heterocycles. The van der Waals surface area contributed by atoms with Crippen LogP contribution in [0.1, 0.15) is 72.5 Å². The lowest BCUT2D eigenvalue weighted by atomic mass is 9.97. The molecule has 0 aliphatic carbocycles. The standard InChI is InChI=1S/C22H33Cl3OSi/c1-7-27(8-2,9-3)26-20(13-11-10-12-14-22(4,5)6)21-18(24)15-17(23)16-19(21)25/h15-16,20H,7-11,13H2,1-6H3. The van der Waals surface area contributed by atoms with E-state index >= 15 is 0 Å². The molecule has 1 aromatic carbocycles. The van der Waals surface area contributed by atoms with Crippen molar-refractivity contribution in [2.24, 2.45) is 5.41 Å². The fourth-order valence-electron chi connectivity index (χ4n) is 3.13. The van der Waals surface area contributed by atoms with Gasteiger partial charge in [-0.25, -0.2) is 0 Å². The molecule has 0 amide bonds. The van der Waals surface area contributed by atoms with Gasteiger partial charge in [0.1, 0.15) is 0 Å². The molecule has 5 heteroatoms.